The lowest BCUT2D eigenvalue weighted by molar-refractivity contribution is -0.127. The number of para-hydroxylation sites is 1. The number of nitrogen functional groups attached to an aromatic ring is 1. The van der Waals surface area contributed by atoms with E-state index in [1.807, 2.05) is 54.6 Å². The van der Waals surface area contributed by atoms with Gasteiger partial charge >= 0.3 is 0 Å². The summed E-state index contributed by atoms with van der Waals surface area (Å²) in [5, 5.41) is 5.43. The summed E-state index contributed by atoms with van der Waals surface area (Å²) in [7, 11) is 0. The summed E-state index contributed by atoms with van der Waals surface area (Å²) in [6, 6.07) is 16.9. The van der Waals surface area contributed by atoms with Gasteiger partial charge in [-0.25, -0.2) is 19.0 Å². The Balaban J connectivity index is 1.48. The van der Waals surface area contributed by atoms with E-state index in [1.165, 1.54) is 11.2 Å². The molecule has 3 heterocycles. The third kappa shape index (κ3) is 3.89. The highest BCUT2D eigenvalue weighted by Gasteiger charge is 2.31. The molecule has 1 aliphatic rings. The van der Waals surface area contributed by atoms with Crippen molar-refractivity contribution in [2.24, 2.45) is 0 Å². The van der Waals surface area contributed by atoms with E-state index >= 15 is 0 Å². The molecule has 2 aromatic carbocycles. The minimum absolute atomic E-state index is 0.167. The van der Waals surface area contributed by atoms with Gasteiger partial charge in [0.05, 0.1) is 11.4 Å². The molecule has 1 aliphatic heterocycles. The second-order valence-corrected chi connectivity index (χ2v) is 7.79. The number of nitrogens with two attached hydrogens (primary N) is 1. The second kappa shape index (κ2) is 8.34. The first-order valence-corrected chi connectivity index (χ1v) is 10.5. The molecule has 1 atom stereocenters. The predicted molar refractivity (Wildman–Crippen MR) is 122 cm³/mol. The molecule has 0 bridgehead atoms. The van der Waals surface area contributed by atoms with Gasteiger partial charge in [-0.05, 0) is 42.8 Å². The molecule has 5 rings (SSSR count). The van der Waals surface area contributed by atoms with Crippen LogP contribution in [0.15, 0.2) is 73.3 Å². The molecule has 0 saturated carbocycles. The van der Waals surface area contributed by atoms with Crippen LogP contribution in [0, 0.1) is 0 Å². The van der Waals surface area contributed by atoms with Crippen LogP contribution in [0.1, 0.15) is 12.5 Å². The van der Waals surface area contributed by atoms with Gasteiger partial charge in [-0.2, -0.15) is 5.10 Å². The molecule has 4 aromatic rings. The van der Waals surface area contributed by atoms with Crippen LogP contribution in [0.25, 0.3) is 22.3 Å². The number of aromatic nitrogens is 4. The van der Waals surface area contributed by atoms with Crippen molar-refractivity contribution in [1.29, 1.82) is 0 Å². The average molecular weight is 444 g/mol. The zero-order valence-electron chi connectivity index (χ0n) is 17.7. The van der Waals surface area contributed by atoms with E-state index in [1.54, 1.807) is 4.68 Å². The molecule has 0 spiro atoms. The monoisotopic (exact) mass is 444 g/mol. The lowest BCUT2D eigenvalue weighted by atomic mass is 10.1. The van der Waals surface area contributed by atoms with E-state index in [9.17, 15) is 9.18 Å². The quantitative estimate of drug-likeness (QED) is 0.465. The van der Waals surface area contributed by atoms with Crippen molar-refractivity contribution in [3.05, 3.63) is 73.3 Å². The zero-order valence-corrected chi connectivity index (χ0v) is 17.7. The molecule has 0 radical (unpaired) electrons. The van der Waals surface area contributed by atoms with Gasteiger partial charge in [0.15, 0.2) is 11.5 Å². The van der Waals surface area contributed by atoms with E-state index in [2.05, 4.69) is 16.5 Å². The highest BCUT2D eigenvalue weighted by Crippen LogP contribution is 2.35. The third-order valence-corrected chi connectivity index (χ3v) is 5.65. The van der Waals surface area contributed by atoms with Gasteiger partial charge in [0.2, 0.25) is 0 Å². The van der Waals surface area contributed by atoms with Crippen LogP contribution < -0.4 is 10.5 Å². The van der Waals surface area contributed by atoms with Crippen molar-refractivity contribution in [2.45, 2.75) is 12.5 Å². The SMILES string of the molecule is C=C(F)C(=O)N1CC[C@@H](n2nc(-c3ccc(Oc4ccccc4)cc3)c3c(N)ncnc32)C1. The van der Waals surface area contributed by atoms with Gasteiger partial charge in [-0.3, -0.25) is 4.79 Å². The number of nitrogens with zero attached hydrogens (tertiary/aromatic N) is 5. The summed E-state index contributed by atoms with van der Waals surface area (Å²) in [5.41, 5.74) is 8.23. The van der Waals surface area contributed by atoms with Crippen molar-refractivity contribution in [3.8, 4) is 22.8 Å². The molecule has 0 unspecified atom stereocenters. The minimum atomic E-state index is -0.967. The number of ether oxygens (including phenoxy) is 1. The maximum Gasteiger partial charge on any atom is 0.282 e. The van der Waals surface area contributed by atoms with Crippen LogP contribution in [-0.2, 0) is 4.79 Å². The summed E-state index contributed by atoms with van der Waals surface area (Å²) in [5.74, 6) is 0.0838. The normalized spacial score (nSPS) is 15.7. The Morgan fingerprint density at radius 2 is 1.82 bits per heavy atom. The summed E-state index contributed by atoms with van der Waals surface area (Å²) >= 11 is 0. The number of carbonyl (C=O) groups excluding carboxylic acids is 1. The minimum Gasteiger partial charge on any atom is -0.457 e. The third-order valence-electron chi connectivity index (χ3n) is 5.65. The lowest BCUT2D eigenvalue weighted by Gasteiger charge is -2.15. The summed E-state index contributed by atoms with van der Waals surface area (Å²) in [6.07, 6.45) is 2.00. The molecule has 1 saturated heterocycles. The van der Waals surface area contributed by atoms with Crippen LogP contribution in [0.2, 0.25) is 0 Å². The average Bonchev–Trinajstić information content (AvgIpc) is 3.46. The molecule has 1 fully saturated rings. The molecular formula is C24H21FN6O2. The van der Waals surface area contributed by atoms with Gasteiger partial charge in [0.25, 0.3) is 5.91 Å². The Labute approximate surface area is 189 Å². The molecular weight excluding hydrogens is 423 g/mol. The zero-order chi connectivity index (χ0) is 22.9. The van der Waals surface area contributed by atoms with Crippen molar-refractivity contribution in [1.82, 2.24) is 24.6 Å². The molecule has 33 heavy (non-hydrogen) atoms. The van der Waals surface area contributed by atoms with Gasteiger partial charge < -0.3 is 15.4 Å². The molecule has 9 heteroatoms. The van der Waals surface area contributed by atoms with Gasteiger partial charge in [0.1, 0.15) is 29.3 Å². The number of amides is 1. The van der Waals surface area contributed by atoms with E-state index in [-0.39, 0.29) is 6.04 Å². The molecule has 166 valence electrons. The van der Waals surface area contributed by atoms with Crippen LogP contribution in [0.5, 0.6) is 11.5 Å². The molecule has 0 aliphatic carbocycles. The Morgan fingerprint density at radius 1 is 1.09 bits per heavy atom. The molecule has 2 aromatic heterocycles. The number of rotatable bonds is 5. The Kier molecular flexibility index (Phi) is 5.21. The molecule has 8 nitrogen and oxygen atoms in total. The fourth-order valence-corrected chi connectivity index (χ4v) is 4.06. The van der Waals surface area contributed by atoms with Crippen LogP contribution in [0.3, 0.4) is 0 Å². The van der Waals surface area contributed by atoms with Gasteiger partial charge in [-0.15, -0.1) is 0 Å². The Hall–Kier alpha value is -4.27. The fourth-order valence-electron chi connectivity index (χ4n) is 4.06. The summed E-state index contributed by atoms with van der Waals surface area (Å²) in [6.45, 7) is 3.83. The number of fused-ring (bicyclic) bond motifs is 1. The summed E-state index contributed by atoms with van der Waals surface area (Å²) in [4.78, 5) is 22.0. The fraction of sp³-hybridized carbons (Fsp3) is 0.167. The van der Waals surface area contributed by atoms with Crippen LogP contribution in [-0.4, -0.2) is 43.6 Å². The second-order valence-electron chi connectivity index (χ2n) is 7.79. The number of carbonyl (C=O) groups is 1. The van der Waals surface area contributed by atoms with E-state index in [4.69, 9.17) is 15.6 Å². The predicted octanol–water partition coefficient (Wildman–Crippen LogP) is 4.12. The van der Waals surface area contributed by atoms with Crippen molar-refractivity contribution in [3.63, 3.8) is 0 Å². The number of anilines is 1. The number of halogens is 1. The first-order valence-electron chi connectivity index (χ1n) is 10.5. The Bertz CT molecular complexity index is 1340. The maximum absolute atomic E-state index is 13.3. The maximum atomic E-state index is 13.3. The standard InChI is InChI=1S/C24H21FN6O2/c1-15(25)24(32)30-12-11-17(13-30)31-23-20(22(26)27-14-28-23)21(29-31)16-7-9-19(10-8-16)33-18-5-3-2-4-6-18/h2-10,14,17H,1,11-13H2,(H2,26,27,28)/t17-/m1/s1. The van der Waals surface area contributed by atoms with E-state index in [0.29, 0.717) is 47.8 Å². The van der Waals surface area contributed by atoms with Crippen molar-refractivity contribution in [2.75, 3.05) is 18.8 Å². The largest absolute Gasteiger partial charge is 0.457 e. The highest BCUT2D eigenvalue weighted by atomic mass is 19.1. The van der Waals surface area contributed by atoms with Gasteiger partial charge in [0, 0.05) is 18.7 Å². The van der Waals surface area contributed by atoms with Crippen LogP contribution >= 0.6 is 0 Å². The topological polar surface area (TPSA) is 99.2 Å². The van der Waals surface area contributed by atoms with E-state index < -0.39 is 11.7 Å². The lowest BCUT2D eigenvalue weighted by Crippen LogP contribution is -2.29. The van der Waals surface area contributed by atoms with E-state index in [0.717, 1.165) is 11.3 Å². The molecule has 2 N–H and O–H groups in total. The molecule has 1 amide bonds. The first-order chi connectivity index (χ1) is 16.0. The number of likely N-dealkylation sites (tertiary alicyclic amines) is 1. The Morgan fingerprint density at radius 3 is 2.55 bits per heavy atom. The number of hydrogen-bond donors (Lipinski definition) is 1. The van der Waals surface area contributed by atoms with Crippen molar-refractivity contribution >= 4 is 22.8 Å². The highest BCUT2D eigenvalue weighted by molar-refractivity contribution is 5.98. The summed E-state index contributed by atoms with van der Waals surface area (Å²) < 4.78 is 20.9. The van der Waals surface area contributed by atoms with Crippen LogP contribution in [0.4, 0.5) is 10.2 Å². The smallest absolute Gasteiger partial charge is 0.282 e. The number of hydrogen-bond acceptors (Lipinski definition) is 6. The first kappa shape index (κ1) is 20.6. The van der Waals surface area contributed by atoms with Crippen molar-refractivity contribution < 1.29 is 13.9 Å². The van der Waals surface area contributed by atoms with Gasteiger partial charge in [-0.1, -0.05) is 24.8 Å². The number of benzene rings is 2.